The molecule has 1 aromatic rings. The van der Waals surface area contributed by atoms with Gasteiger partial charge >= 0.3 is 0 Å². The summed E-state index contributed by atoms with van der Waals surface area (Å²) >= 11 is 0. The zero-order valence-corrected chi connectivity index (χ0v) is 15.4. The molecule has 2 saturated heterocycles. The third-order valence-corrected chi connectivity index (χ3v) is 5.06. The SMILES string of the molecule is OCc1ccccc1O[C@@H]1O[C@H](CO[C@@H]2OC[C@](O)(CO)[C@H]2O)[C@@H](O)[C@H](O)[C@H]1O. The summed E-state index contributed by atoms with van der Waals surface area (Å²) in [7, 11) is 0. The Morgan fingerprint density at radius 2 is 1.72 bits per heavy atom. The van der Waals surface area contributed by atoms with E-state index in [9.17, 15) is 30.6 Å². The number of aliphatic hydroxyl groups is 7. The Hall–Kier alpha value is -1.38. The van der Waals surface area contributed by atoms with Crippen LogP contribution in [0.5, 0.6) is 5.75 Å². The Labute approximate surface area is 166 Å². The maximum atomic E-state index is 10.2. The minimum absolute atomic E-state index is 0.227. The molecule has 0 spiro atoms. The molecule has 0 aromatic heterocycles. The van der Waals surface area contributed by atoms with Crippen LogP contribution >= 0.6 is 0 Å². The van der Waals surface area contributed by atoms with Crippen LogP contribution in [0.4, 0.5) is 0 Å². The van der Waals surface area contributed by atoms with Crippen LogP contribution in [0.25, 0.3) is 0 Å². The third kappa shape index (κ3) is 4.54. The van der Waals surface area contributed by atoms with Gasteiger partial charge in [-0.2, -0.15) is 0 Å². The van der Waals surface area contributed by atoms with Crippen molar-refractivity contribution in [3.8, 4) is 5.75 Å². The van der Waals surface area contributed by atoms with E-state index >= 15 is 0 Å². The molecule has 2 aliphatic heterocycles. The lowest BCUT2D eigenvalue weighted by Gasteiger charge is -2.40. The molecule has 2 aliphatic rings. The molecular weight excluding hydrogens is 392 g/mol. The van der Waals surface area contributed by atoms with Gasteiger partial charge in [0.2, 0.25) is 6.29 Å². The summed E-state index contributed by atoms with van der Waals surface area (Å²) in [6.45, 7) is -1.78. The second kappa shape index (κ2) is 9.18. The molecule has 164 valence electrons. The number of ether oxygens (including phenoxy) is 4. The van der Waals surface area contributed by atoms with Gasteiger partial charge in [-0.25, -0.2) is 0 Å². The fourth-order valence-electron chi connectivity index (χ4n) is 3.15. The van der Waals surface area contributed by atoms with Crippen molar-refractivity contribution >= 4 is 0 Å². The Morgan fingerprint density at radius 1 is 1.00 bits per heavy atom. The van der Waals surface area contributed by atoms with Crippen molar-refractivity contribution in [1.29, 1.82) is 0 Å². The van der Waals surface area contributed by atoms with E-state index < -0.39 is 55.3 Å². The quantitative estimate of drug-likeness (QED) is 0.237. The molecular formula is C18H26O11. The lowest BCUT2D eigenvalue weighted by atomic mass is 9.99. The summed E-state index contributed by atoms with van der Waals surface area (Å²) in [6.07, 6.45) is -10.1. The highest BCUT2D eigenvalue weighted by Crippen LogP contribution is 2.29. The standard InChI is InChI=1S/C18H26O11/c19-5-9-3-1-2-4-10(9)28-16-14(23)13(22)12(21)11(29-16)6-26-17-15(24)18(25,7-20)8-27-17/h1-4,11-17,19-25H,5-8H2/t11-,12-,13+,14-,15+,16-,17-,18-/m1/s1. The molecule has 0 radical (unpaired) electrons. The third-order valence-electron chi connectivity index (χ3n) is 5.06. The fourth-order valence-corrected chi connectivity index (χ4v) is 3.15. The van der Waals surface area contributed by atoms with E-state index in [-0.39, 0.29) is 25.6 Å². The lowest BCUT2D eigenvalue weighted by Crippen LogP contribution is -2.60. The Morgan fingerprint density at radius 3 is 2.38 bits per heavy atom. The molecule has 0 unspecified atom stereocenters. The van der Waals surface area contributed by atoms with Gasteiger partial charge in [-0.15, -0.1) is 0 Å². The van der Waals surface area contributed by atoms with Gasteiger partial charge in [0.05, 0.1) is 26.4 Å². The van der Waals surface area contributed by atoms with Crippen LogP contribution < -0.4 is 4.74 Å². The van der Waals surface area contributed by atoms with Crippen molar-refractivity contribution in [2.24, 2.45) is 0 Å². The molecule has 29 heavy (non-hydrogen) atoms. The Kier molecular flexibility index (Phi) is 7.06. The maximum absolute atomic E-state index is 10.2. The second-order valence-electron chi connectivity index (χ2n) is 7.12. The van der Waals surface area contributed by atoms with Crippen molar-refractivity contribution in [2.75, 3.05) is 19.8 Å². The first kappa shape index (κ1) is 22.3. The smallest absolute Gasteiger partial charge is 0.229 e. The zero-order valence-electron chi connectivity index (χ0n) is 15.4. The molecule has 1 aromatic carbocycles. The summed E-state index contributed by atoms with van der Waals surface area (Å²) in [5.41, 5.74) is -1.44. The first-order valence-electron chi connectivity index (χ1n) is 9.10. The van der Waals surface area contributed by atoms with Crippen molar-refractivity contribution in [2.45, 2.75) is 55.3 Å². The van der Waals surface area contributed by atoms with Gasteiger partial charge in [-0.3, -0.25) is 0 Å². The normalized spacial score (nSPS) is 40.2. The van der Waals surface area contributed by atoms with E-state index in [0.717, 1.165) is 0 Å². The van der Waals surface area contributed by atoms with Crippen LogP contribution in [0, 0.1) is 0 Å². The summed E-state index contributed by atoms with van der Waals surface area (Å²) < 4.78 is 21.5. The van der Waals surface area contributed by atoms with E-state index in [1.165, 1.54) is 0 Å². The van der Waals surface area contributed by atoms with Crippen LogP contribution in [0.2, 0.25) is 0 Å². The van der Waals surface area contributed by atoms with Gasteiger partial charge in [-0.1, -0.05) is 18.2 Å². The molecule has 0 amide bonds. The van der Waals surface area contributed by atoms with E-state index in [1.54, 1.807) is 24.3 Å². The molecule has 0 saturated carbocycles. The number of rotatable bonds is 7. The van der Waals surface area contributed by atoms with E-state index in [0.29, 0.717) is 5.56 Å². The van der Waals surface area contributed by atoms with Gasteiger partial charge in [0.25, 0.3) is 0 Å². The molecule has 11 heteroatoms. The summed E-state index contributed by atoms with van der Waals surface area (Å²) in [6, 6.07) is 6.49. The van der Waals surface area contributed by atoms with Crippen LogP contribution in [0.3, 0.4) is 0 Å². The molecule has 2 heterocycles. The predicted molar refractivity (Wildman–Crippen MR) is 93.4 cm³/mol. The first-order valence-corrected chi connectivity index (χ1v) is 9.10. The minimum atomic E-state index is -1.87. The van der Waals surface area contributed by atoms with Gasteiger partial charge in [-0.05, 0) is 6.07 Å². The van der Waals surface area contributed by atoms with Crippen molar-refractivity contribution in [1.82, 2.24) is 0 Å². The topological polar surface area (TPSA) is 179 Å². The first-order chi connectivity index (χ1) is 13.8. The van der Waals surface area contributed by atoms with Crippen LogP contribution in [-0.2, 0) is 20.8 Å². The van der Waals surface area contributed by atoms with Gasteiger partial charge in [0, 0.05) is 5.56 Å². The molecule has 8 atom stereocenters. The van der Waals surface area contributed by atoms with Crippen molar-refractivity contribution in [3.63, 3.8) is 0 Å². The van der Waals surface area contributed by atoms with Gasteiger partial charge in [0.15, 0.2) is 6.29 Å². The van der Waals surface area contributed by atoms with E-state index in [4.69, 9.17) is 24.1 Å². The van der Waals surface area contributed by atoms with E-state index in [2.05, 4.69) is 0 Å². The van der Waals surface area contributed by atoms with Gasteiger partial charge < -0.3 is 54.7 Å². The Bertz CT molecular complexity index is 673. The van der Waals surface area contributed by atoms with Crippen LogP contribution in [0.1, 0.15) is 5.56 Å². The minimum Gasteiger partial charge on any atom is -0.462 e. The molecule has 3 rings (SSSR count). The summed E-state index contributed by atoms with van der Waals surface area (Å²) in [4.78, 5) is 0. The maximum Gasteiger partial charge on any atom is 0.229 e. The zero-order chi connectivity index (χ0) is 21.2. The van der Waals surface area contributed by atoms with Crippen LogP contribution in [0.15, 0.2) is 24.3 Å². The highest BCUT2D eigenvalue weighted by molar-refractivity contribution is 5.32. The highest BCUT2D eigenvalue weighted by atomic mass is 16.7. The molecule has 2 fully saturated rings. The number of para-hydroxylation sites is 1. The monoisotopic (exact) mass is 418 g/mol. The number of hydrogen-bond acceptors (Lipinski definition) is 11. The summed E-state index contributed by atoms with van der Waals surface area (Å²) in [5, 5.41) is 69.0. The fraction of sp³-hybridized carbons (Fsp3) is 0.667. The molecule has 11 nitrogen and oxygen atoms in total. The van der Waals surface area contributed by atoms with E-state index in [1.807, 2.05) is 0 Å². The number of benzene rings is 1. The average molecular weight is 418 g/mol. The average Bonchev–Trinajstić information content (AvgIpc) is 3.02. The van der Waals surface area contributed by atoms with Gasteiger partial charge in [0.1, 0.15) is 41.9 Å². The molecule has 7 N–H and O–H groups in total. The van der Waals surface area contributed by atoms with Crippen molar-refractivity contribution < 1.29 is 54.7 Å². The van der Waals surface area contributed by atoms with Crippen LogP contribution in [-0.4, -0.2) is 104 Å². The predicted octanol–water partition coefficient (Wildman–Crippen LogP) is -3.18. The molecule has 0 aliphatic carbocycles. The molecule has 0 bridgehead atoms. The number of aliphatic hydroxyl groups excluding tert-OH is 6. The lowest BCUT2D eigenvalue weighted by molar-refractivity contribution is -0.289. The number of hydrogen-bond donors (Lipinski definition) is 7. The Balaban J connectivity index is 1.65. The highest BCUT2D eigenvalue weighted by Gasteiger charge is 2.50. The second-order valence-corrected chi connectivity index (χ2v) is 7.12. The summed E-state index contributed by atoms with van der Waals surface area (Å²) in [5.74, 6) is 0.227. The van der Waals surface area contributed by atoms with Crippen molar-refractivity contribution in [3.05, 3.63) is 29.8 Å². The largest absolute Gasteiger partial charge is 0.462 e.